The molecule has 1 aliphatic carbocycles. The molecule has 15 heavy (non-hydrogen) atoms. The number of phenols is 1. The highest BCUT2D eigenvalue weighted by atomic mass is 16.3. The lowest BCUT2D eigenvalue weighted by molar-refractivity contribution is -0.111. The predicted octanol–water partition coefficient (Wildman–Crippen LogP) is 2.37. The molecule has 2 nitrogen and oxygen atoms in total. The molecule has 0 bridgehead atoms. The highest BCUT2D eigenvalue weighted by Gasteiger charge is 2.30. The molecule has 0 aliphatic heterocycles. The fourth-order valence-corrected chi connectivity index (χ4v) is 2.04. The summed E-state index contributed by atoms with van der Waals surface area (Å²) >= 11 is 0. The molecule has 1 N–H and O–H groups in total. The van der Waals surface area contributed by atoms with Gasteiger partial charge in [0.25, 0.3) is 0 Å². The van der Waals surface area contributed by atoms with E-state index in [9.17, 15) is 9.90 Å². The van der Waals surface area contributed by atoms with Crippen molar-refractivity contribution in [3.8, 4) is 5.75 Å². The zero-order valence-corrected chi connectivity index (χ0v) is 8.44. The van der Waals surface area contributed by atoms with Crippen molar-refractivity contribution in [2.24, 2.45) is 0 Å². The predicted molar refractivity (Wildman–Crippen MR) is 57.7 cm³/mol. The van der Waals surface area contributed by atoms with Crippen LogP contribution in [-0.4, -0.2) is 11.4 Å². The van der Waals surface area contributed by atoms with Crippen LogP contribution in [0.4, 0.5) is 0 Å². The molecule has 1 aliphatic rings. The summed E-state index contributed by atoms with van der Waals surface area (Å²) < 4.78 is 0. The second-order valence-corrected chi connectivity index (χ2v) is 3.92. The normalized spacial score (nSPS) is 25.1. The van der Waals surface area contributed by atoms with Crippen LogP contribution in [0.5, 0.6) is 5.75 Å². The van der Waals surface area contributed by atoms with Crippen molar-refractivity contribution >= 4 is 6.29 Å². The third kappa shape index (κ3) is 1.80. The maximum atomic E-state index is 11.3. The second kappa shape index (κ2) is 3.89. The number of carbonyl (C=O) groups is 1. The van der Waals surface area contributed by atoms with Crippen LogP contribution in [0, 0.1) is 6.07 Å². The molecule has 0 saturated heterocycles. The minimum atomic E-state index is -0.537. The van der Waals surface area contributed by atoms with Crippen molar-refractivity contribution < 1.29 is 9.90 Å². The van der Waals surface area contributed by atoms with Crippen LogP contribution < -0.4 is 0 Å². The fourth-order valence-electron chi connectivity index (χ4n) is 2.04. The van der Waals surface area contributed by atoms with Crippen LogP contribution in [0.25, 0.3) is 0 Å². The van der Waals surface area contributed by atoms with Crippen molar-refractivity contribution in [2.75, 3.05) is 0 Å². The zero-order valence-electron chi connectivity index (χ0n) is 8.44. The molecule has 0 saturated carbocycles. The van der Waals surface area contributed by atoms with Crippen molar-refractivity contribution in [3.63, 3.8) is 0 Å². The van der Waals surface area contributed by atoms with Crippen LogP contribution in [-0.2, 0) is 10.2 Å². The smallest absolute Gasteiger partial charge is 0.134 e. The Labute approximate surface area is 89.2 Å². The standard InChI is InChI=1S/C13H13O2/c14-10-13(7-2-1-3-8-13)11-5-4-6-12(15)9-11/h2,4-5,7,9-10,15H,1,3,8H2. The number of aromatic hydroxyl groups is 1. The van der Waals surface area contributed by atoms with Gasteiger partial charge < -0.3 is 9.90 Å². The van der Waals surface area contributed by atoms with Crippen molar-refractivity contribution in [2.45, 2.75) is 24.7 Å². The average molecular weight is 201 g/mol. The number of hydrogen-bond acceptors (Lipinski definition) is 2. The van der Waals surface area contributed by atoms with E-state index in [0.717, 1.165) is 31.1 Å². The monoisotopic (exact) mass is 201 g/mol. The molecule has 1 radical (unpaired) electrons. The Hall–Kier alpha value is -1.57. The van der Waals surface area contributed by atoms with E-state index in [1.807, 2.05) is 18.2 Å². The molecule has 0 spiro atoms. The van der Waals surface area contributed by atoms with Gasteiger partial charge in [-0.3, -0.25) is 0 Å². The van der Waals surface area contributed by atoms with E-state index < -0.39 is 5.41 Å². The summed E-state index contributed by atoms with van der Waals surface area (Å²) in [5.41, 5.74) is 0.315. The van der Waals surface area contributed by atoms with E-state index in [0.29, 0.717) is 0 Å². The summed E-state index contributed by atoms with van der Waals surface area (Å²) in [6.45, 7) is 0. The van der Waals surface area contributed by atoms with E-state index in [4.69, 9.17) is 0 Å². The molecule has 0 heterocycles. The number of aldehydes is 1. The molecule has 1 aromatic rings. The Morgan fingerprint density at radius 2 is 2.40 bits per heavy atom. The van der Waals surface area contributed by atoms with E-state index in [2.05, 4.69) is 6.07 Å². The first-order valence-electron chi connectivity index (χ1n) is 5.12. The highest BCUT2D eigenvalue weighted by molar-refractivity contribution is 5.72. The Morgan fingerprint density at radius 3 is 3.00 bits per heavy atom. The van der Waals surface area contributed by atoms with E-state index in [1.165, 1.54) is 0 Å². The maximum Gasteiger partial charge on any atom is 0.134 e. The number of allylic oxidation sites excluding steroid dienone is 2. The Balaban J connectivity index is 2.45. The molecule has 77 valence electrons. The first-order chi connectivity index (χ1) is 7.27. The molecule has 2 rings (SSSR count). The first-order valence-corrected chi connectivity index (χ1v) is 5.12. The Morgan fingerprint density at radius 1 is 1.53 bits per heavy atom. The van der Waals surface area contributed by atoms with Crippen LogP contribution >= 0.6 is 0 Å². The number of rotatable bonds is 2. The van der Waals surface area contributed by atoms with Crippen LogP contribution in [0.3, 0.4) is 0 Å². The second-order valence-electron chi connectivity index (χ2n) is 3.92. The van der Waals surface area contributed by atoms with E-state index >= 15 is 0 Å². The summed E-state index contributed by atoms with van der Waals surface area (Å²) in [4.78, 5) is 11.3. The minimum Gasteiger partial charge on any atom is -0.507 e. The maximum absolute atomic E-state index is 11.3. The van der Waals surface area contributed by atoms with Crippen LogP contribution in [0.15, 0.2) is 30.4 Å². The van der Waals surface area contributed by atoms with Gasteiger partial charge in [0, 0.05) is 6.07 Å². The van der Waals surface area contributed by atoms with Crippen LogP contribution in [0.2, 0.25) is 0 Å². The summed E-state index contributed by atoms with van der Waals surface area (Å²) in [7, 11) is 0. The molecule has 0 aromatic heterocycles. The van der Waals surface area contributed by atoms with Gasteiger partial charge in [0.05, 0.1) is 5.41 Å². The van der Waals surface area contributed by atoms with E-state index in [1.54, 1.807) is 12.1 Å². The lowest BCUT2D eigenvalue weighted by atomic mass is 9.75. The zero-order chi connectivity index (χ0) is 10.7. The van der Waals surface area contributed by atoms with Gasteiger partial charge >= 0.3 is 0 Å². The van der Waals surface area contributed by atoms with Crippen molar-refractivity contribution in [3.05, 3.63) is 42.0 Å². The van der Waals surface area contributed by atoms with Gasteiger partial charge in [0.15, 0.2) is 0 Å². The van der Waals surface area contributed by atoms with Gasteiger partial charge in [-0.2, -0.15) is 0 Å². The Bertz CT molecular complexity index is 395. The quantitative estimate of drug-likeness (QED) is 0.589. The molecule has 1 atom stereocenters. The molecule has 1 unspecified atom stereocenters. The summed E-state index contributed by atoms with van der Waals surface area (Å²) in [5.74, 6) is 0.0905. The van der Waals surface area contributed by atoms with Gasteiger partial charge in [-0.1, -0.05) is 24.3 Å². The van der Waals surface area contributed by atoms with Crippen LogP contribution in [0.1, 0.15) is 24.8 Å². The first kappa shape index (κ1) is 9.97. The topological polar surface area (TPSA) is 37.3 Å². The molecule has 0 amide bonds. The largest absolute Gasteiger partial charge is 0.507 e. The van der Waals surface area contributed by atoms with Gasteiger partial charge in [-0.25, -0.2) is 0 Å². The van der Waals surface area contributed by atoms with E-state index in [-0.39, 0.29) is 5.75 Å². The number of carbonyl (C=O) groups excluding carboxylic acids is 1. The summed E-state index contributed by atoms with van der Waals surface area (Å²) in [5, 5.41) is 9.36. The average Bonchev–Trinajstić information content (AvgIpc) is 2.30. The molecular weight excluding hydrogens is 188 g/mol. The molecule has 1 aromatic carbocycles. The van der Waals surface area contributed by atoms with Gasteiger partial charge in [0.1, 0.15) is 12.0 Å². The highest BCUT2D eigenvalue weighted by Crippen LogP contribution is 2.34. The summed E-state index contributed by atoms with van der Waals surface area (Å²) in [6, 6.07) is 7.77. The van der Waals surface area contributed by atoms with Crippen molar-refractivity contribution in [1.82, 2.24) is 0 Å². The summed E-state index contributed by atoms with van der Waals surface area (Å²) in [6.07, 6.45) is 7.80. The lowest BCUT2D eigenvalue weighted by Gasteiger charge is -2.27. The van der Waals surface area contributed by atoms with Gasteiger partial charge in [0.2, 0.25) is 0 Å². The molecule has 2 heteroatoms. The minimum absolute atomic E-state index is 0.0905. The lowest BCUT2D eigenvalue weighted by Crippen LogP contribution is -2.27. The Kier molecular flexibility index (Phi) is 2.58. The van der Waals surface area contributed by atoms with Gasteiger partial charge in [-0.05, 0) is 30.9 Å². The third-order valence-corrected chi connectivity index (χ3v) is 2.91. The number of phenolic OH excluding ortho intramolecular Hbond substituents is 1. The number of hydrogen-bond donors (Lipinski definition) is 1. The van der Waals surface area contributed by atoms with Gasteiger partial charge in [-0.15, -0.1) is 0 Å². The molecule has 0 fully saturated rings. The SMILES string of the molecule is O=CC1(c2cc[c]c(O)c2)C=CCCC1. The third-order valence-electron chi connectivity index (χ3n) is 2.91. The fraction of sp³-hybridized carbons (Fsp3) is 0.308. The number of benzene rings is 1. The molecular formula is C13H13O2. The van der Waals surface area contributed by atoms with Crippen molar-refractivity contribution in [1.29, 1.82) is 0 Å².